The summed E-state index contributed by atoms with van der Waals surface area (Å²) in [5.41, 5.74) is -0.0559. The number of carbonyl (C=O) groups is 2. The summed E-state index contributed by atoms with van der Waals surface area (Å²) in [5.74, 6) is -1.29. The first-order valence-electron chi connectivity index (χ1n) is 6.59. The van der Waals surface area contributed by atoms with E-state index in [1.807, 2.05) is 0 Å². The first kappa shape index (κ1) is 15.0. The zero-order valence-electron chi connectivity index (χ0n) is 11.0. The van der Waals surface area contributed by atoms with E-state index in [0.717, 1.165) is 32.4 Å². The largest absolute Gasteiger partial charge is 0.343 e. The lowest BCUT2D eigenvalue weighted by Crippen LogP contribution is -2.42. The number of hydrogen-bond acceptors (Lipinski definition) is 2. The quantitative estimate of drug-likeness (QED) is 0.916. The predicted octanol–water partition coefficient (Wildman–Crippen LogP) is 2.33. The Morgan fingerprint density at radius 3 is 2.60 bits per heavy atom. The summed E-state index contributed by atoms with van der Waals surface area (Å²) >= 11 is 3.13. The number of hydrogen-bond donors (Lipinski definition) is 1. The Balaban J connectivity index is 1.89. The number of rotatable bonds is 3. The standard InChI is InChI=1S/C14H16BrFN2O2/c15-10-4-5-11(12(16)8-10)14(20)17-9-13(19)18-6-2-1-3-7-18/h4-5,8H,1-3,6-7,9H2,(H,17,20). The Morgan fingerprint density at radius 1 is 1.25 bits per heavy atom. The molecular weight excluding hydrogens is 327 g/mol. The van der Waals surface area contributed by atoms with Crippen molar-refractivity contribution in [2.75, 3.05) is 19.6 Å². The van der Waals surface area contributed by atoms with E-state index in [1.165, 1.54) is 12.1 Å². The number of nitrogens with zero attached hydrogens (tertiary/aromatic N) is 1. The fourth-order valence-electron chi connectivity index (χ4n) is 2.18. The zero-order valence-corrected chi connectivity index (χ0v) is 12.6. The maximum absolute atomic E-state index is 13.6. The second-order valence-electron chi connectivity index (χ2n) is 4.75. The van der Waals surface area contributed by atoms with Crippen LogP contribution in [0.1, 0.15) is 29.6 Å². The fourth-order valence-corrected chi connectivity index (χ4v) is 2.51. The summed E-state index contributed by atoms with van der Waals surface area (Å²) in [5, 5.41) is 2.47. The molecule has 0 unspecified atom stereocenters. The van der Waals surface area contributed by atoms with Crippen LogP contribution in [0.2, 0.25) is 0 Å². The molecule has 4 nitrogen and oxygen atoms in total. The highest BCUT2D eigenvalue weighted by atomic mass is 79.9. The van der Waals surface area contributed by atoms with Crippen LogP contribution in [0.4, 0.5) is 4.39 Å². The summed E-state index contributed by atoms with van der Waals surface area (Å²) in [6, 6.07) is 4.20. The first-order valence-corrected chi connectivity index (χ1v) is 7.38. The van der Waals surface area contributed by atoms with Crippen molar-refractivity contribution in [3.05, 3.63) is 34.1 Å². The van der Waals surface area contributed by atoms with Crippen LogP contribution >= 0.6 is 15.9 Å². The van der Waals surface area contributed by atoms with E-state index in [-0.39, 0.29) is 18.0 Å². The summed E-state index contributed by atoms with van der Waals surface area (Å²) < 4.78 is 14.2. The fraction of sp³-hybridized carbons (Fsp3) is 0.429. The van der Waals surface area contributed by atoms with Gasteiger partial charge >= 0.3 is 0 Å². The minimum Gasteiger partial charge on any atom is -0.343 e. The minimum atomic E-state index is -0.609. The SMILES string of the molecule is O=C(NCC(=O)N1CCCCC1)c1ccc(Br)cc1F. The summed E-state index contributed by atoms with van der Waals surface area (Å²) in [6.45, 7) is 1.39. The molecule has 0 bridgehead atoms. The van der Waals surface area contributed by atoms with Crippen LogP contribution in [-0.2, 0) is 4.79 Å². The van der Waals surface area contributed by atoms with Crippen LogP contribution in [0.3, 0.4) is 0 Å². The lowest BCUT2D eigenvalue weighted by atomic mass is 10.1. The van der Waals surface area contributed by atoms with Crippen LogP contribution in [0.5, 0.6) is 0 Å². The Morgan fingerprint density at radius 2 is 1.95 bits per heavy atom. The van der Waals surface area contributed by atoms with Gasteiger partial charge in [0.25, 0.3) is 5.91 Å². The van der Waals surface area contributed by atoms with Crippen molar-refractivity contribution in [2.24, 2.45) is 0 Å². The van der Waals surface area contributed by atoms with E-state index in [9.17, 15) is 14.0 Å². The predicted molar refractivity (Wildman–Crippen MR) is 76.9 cm³/mol. The number of piperidine rings is 1. The zero-order chi connectivity index (χ0) is 14.5. The van der Waals surface area contributed by atoms with E-state index < -0.39 is 11.7 Å². The maximum Gasteiger partial charge on any atom is 0.254 e. The molecule has 2 amide bonds. The van der Waals surface area contributed by atoms with Crippen LogP contribution < -0.4 is 5.32 Å². The second-order valence-corrected chi connectivity index (χ2v) is 5.66. The lowest BCUT2D eigenvalue weighted by Gasteiger charge is -2.26. The molecule has 1 aromatic rings. The molecule has 1 N–H and O–H groups in total. The third kappa shape index (κ3) is 3.79. The van der Waals surface area contributed by atoms with Crippen LogP contribution in [0.25, 0.3) is 0 Å². The highest BCUT2D eigenvalue weighted by Crippen LogP contribution is 2.15. The van der Waals surface area contributed by atoms with Crippen molar-refractivity contribution >= 4 is 27.7 Å². The van der Waals surface area contributed by atoms with Crippen molar-refractivity contribution < 1.29 is 14.0 Å². The lowest BCUT2D eigenvalue weighted by molar-refractivity contribution is -0.130. The Bertz CT molecular complexity index is 516. The number of carbonyl (C=O) groups excluding carboxylic acids is 2. The number of likely N-dealkylation sites (tertiary alicyclic amines) is 1. The van der Waals surface area contributed by atoms with Gasteiger partial charge in [0.15, 0.2) is 0 Å². The average molecular weight is 343 g/mol. The van der Waals surface area contributed by atoms with Crippen LogP contribution in [0, 0.1) is 5.82 Å². The number of halogens is 2. The molecule has 0 atom stereocenters. The molecule has 0 radical (unpaired) electrons. The molecular formula is C14H16BrFN2O2. The first-order chi connectivity index (χ1) is 9.58. The summed E-state index contributed by atoms with van der Waals surface area (Å²) in [4.78, 5) is 25.4. The Labute approximate surface area is 125 Å². The van der Waals surface area contributed by atoms with Gasteiger partial charge in [0.2, 0.25) is 5.91 Å². The minimum absolute atomic E-state index is 0.0559. The van der Waals surface area contributed by atoms with Crippen molar-refractivity contribution in [3.63, 3.8) is 0 Å². The van der Waals surface area contributed by atoms with Gasteiger partial charge in [0.1, 0.15) is 5.82 Å². The summed E-state index contributed by atoms with van der Waals surface area (Å²) in [7, 11) is 0. The summed E-state index contributed by atoms with van der Waals surface area (Å²) in [6.07, 6.45) is 3.14. The Hall–Kier alpha value is -1.43. The molecule has 1 heterocycles. The van der Waals surface area contributed by atoms with Crippen molar-refractivity contribution in [3.8, 4) is 0 Å². The number of amides is 2. The molecule has 20 heavy (non-hydrogen) atoms. The molecule has 0 spiro atoms. The van der Waals surface area contributed by atoms with Gasteiger partial charge in [-0.15, -0.1) is 0 Å². The number of nitrogens with one attached hydrogen (secondary N) is 1. The van der Waals surface area contributed by atoms with Gasteiger partial charge in [0, 0.05) is 17.6 Å². The van der Waals surface area contributed by atoms with Gasteiger partial charge in [-0.05, 0) is 37.5 Å². The van der Waals surface area contributed by atoms with Gasteiger partial charge < -0.3 is 10.2 Å². The topological polar surface area (TPSA) is 49.4 Å². The molecule has 1 aliphatic rings. The molecule has 0 saturated carbocycles. The van der Waals surface area contributed by atoms with Crippen molar-refractivity contribution in [1.82, 2.24) is 10.2 Å². The van der Waals surface area contributed by atoms with Crippen LogP contribution in [-0.4, -0.2) is 36.3 Å². The van der Waals surface area contributed by atoms with E-state index in [1.54, 1.807) is 11.0 Å². The monoisotopic (exact) mass is 342 g/mol. The van der Waals surface area contributed by atoms with Crippen molar-refractivity contribution in [1.29, 1.82) is 0 Å². The van der Waals surface area contributed by atoms with Gasteiger partial charge in [-0.25, -0.2) is 4.39 Å². The van der Waals surface area contributed by atoms with Crippen LogP contribution in [0.15, 0.2) is 22.7 Å². The molecule has 2 rings (SSSR count). The van der Waals surface area contributed by atoms with Gasteiger partial charge in [-0.1, -0.05) is 15.9 Å². The van der Waals surface area contributed by atoms with E-state index in [2.05, 4.69) is 21.2 Å². The van der Waals surface area contributed by atoms with E-state index in [4.69, 9.17) is 0 Å². The highest BCUT2D eigenvalue weighted by molar-refractivity contribution is 9.10. The van der Waals surface area contributed by atoms with E-state index >= 15 is 0 Å². The average Bonchev–Trinajstić information content (AvgIpc) is 2.45. The highest BCUT2D eigenvalue weighted by Gasteiger charge is 2.18. The molecule has 0 aromatic heterocycles. The number of benzene rings is 1. The van der Waals surface area contributed by atoms with Gasteiger partial charge in [-0.2, -0.15) is 0 Å². The van der Waals surface area contributed by atoms with Gasteiger partial charge in [0.05, 0.1) is 12.1 Å². The molecule has 108 valence electrons. The molecule has 1 fully saturated rings. The third-order valence-corrected chi connectivity index (χ3v) is 3.78. The third-order valence-electron chi connectivity index (χ3n) is 3.28. The van der Waals surface area contributed by atoms with Gasteiger partial charge in [-0.3, -0.25) is 9.59 Å². The van der Waals surface area contributed by atoms with E-state index in [0.29, 0.717) is 4.47 Å². The molecule has 1 aromatic carbocycles. The molecule has 0 aliphatic carbocycles. The molecule has 1 aliphatic heterocycles. The smallest absolute Gasteiger partial charge is 0.254 e. The maximum atomic E-state index is 13.6. The second kappa shape index (κ2) is 6.83. The molecule has 6 heteroatoms. The molecule has 1 saturated heterocycles. The van der Waals surface area contributed by atoms with Crippen molar-refractivity contribution in [2.45, 2.75) is 19.3 Å². The normalized spacial score (nSPS) is 15.0. The Kier molecular flexibility index (Phi) is 5.11.